The van der Waals surface area contributed by atoms with E-state index < -0.39 is 0 Å². The summed E-state index contributed by atoms with van der Waals surface area (Å²) < 4.78 is 0. The van der Waals surface area contributed by atoms with Gasteiger partial charge < -0.3 is 10.6 Å². The summed E-state index contributed by atoms with van der Waals surface area (Å²) in [7, 11) is 0. The number of aryl methyl sites for hydroxylation is 2. The molecule has 0 saturated heterocycles. The summed E-state index contributed by atoms with van der Waals surface area (Å²) in [6, 6.07) is 1.98. The first-order valence-electron chi connectivity index (χ1n) is 6.27. The highest BCUT2D eigenvalue weighted by Gasteiger charge is 2.10. The van der Waals surface area contributed by atoms with Crippen molar-refractivity contribution in [2.45, 2.75) is 33.6 Å². The number of halogens is 1. The minimum Gasteiger partial charge on any atom is -0.350 e. The lowest BCUT2D eigenvalue weighted by atomic mass is 10.2. The quantitative estimate of drug-likeness (QED) is 0.758. The van der Waals surface area contributed by atoms with Crippen LogP contribution in [0.15, 0.2) is 6.07 Å². The van der Waals surface area contributed by atoms with Gasteiger partial charge in [-0.1, -0.05) is 13.8 Å². The number of thiophene rings is 1. The molecule has 0 radical (unpaired) electrons. The van der Waals surface area contributed by atoms with Crippen LogP contribution in [0.4, 0.5) is 0 Å². The Kier molecular flexibility index (Phi) is 9.06. The monoisotopic (exact) mass is 290 g/mol. The second kappa shape index (κ2) is 9.36. The first-order valence-corrected chi connectivity index (χ1v) is 7.08. The number of carbonyl (C=O) groups is 1. The lowest BCUT2D eigenvalue weighted by Crippen LogP contribution is -2.31. The zero-order valence-electron chi connectivity index (χ0n) is 11.3. The Bertz CT molecular complexity index is 366. The molecule has 0 spiro atoms. The Labute approximate surface area is 120 Å². The van der Waals surface area contributed by atoms with E-state index in [0.717, 1.165) is 30.8 Å². The molecule has 0 aliphatic carbocycles. The Hall–Kier alpha value is -0.580. The van der Waals surface area contributed by atoms with Crippen molar-refractivity contribution in [1.82, 2.24) is 10.6 Å². The van der Waals surface area contributed by atoms with Crippen molar-refractivity contribution in [3.8, 4) is 0 Å². The maximum Gasteiger partial charge on any atom is 0.261 e. The molecule has 3 nitrogen and oxygen atoms in total. The fourth-order valence-electron chi connectivity index (χ4n) is 1.64. The fraction of sp³-hybridized carbons (Fsp3) is 0.615. The van der Waals surface area contributed by atoms with Crippen LogP contribution >= 0.6 is 23.7 Å². The number of hydrogen-bond donors (Lipinski definition) is 2. The number of amides is 1. The molecule has 1 rings (SSSR count). The molecule has 18 heavy (non-hydrogen) atoms. The van der Waals surface area contributed by atoms with Crippen LogP contribution in [0.2, 0.25) is 0 Å². The van der Waals surface area contributed by atoms with Gasteiger partial charge in [0.1, 0.15) is 0 Å². The van der Waals surface area contributed by atoms with Crippen molar-refractivity contribution < 1.29 is 4.79 Å². The van der Waals surface area contributed by atoms with Crippen LogP contribution in [0.1, 0.15) is 40.4 Å². The summed E-state index contributed by atoms with van der Waals surface area (Å²) >= 11 is 1.60. The van der Waals surface area contributed by atoms with E-state index in [1.165, 1.54) is 10.4 Å². The third-order valence-corrected chi connectivity index (χ3v) is 3.96. The first kappa shape index (κ1) is 17.4. The van der Waals surface area contributed by atoms with E-state index in [0.29, 0.717) is 6.54 Å². The van der Waals surface area contributed by atoms with Crippen LogP contribution in [0.25, 0.3) is 0 Å². The van der Waals surface area contributed by atoms with E-state index in [-0.39, 0.29) is 18.3 Å². The van der Waals surface area contributed by atoms with E-state index in [9.17, 15) is 4.79 Å². The molecule has 0 unspecified atom stereocenters. The maximum atomic E-state index is 11.8. The highest BCUT2D eigenvalue weighted by atomic mass is 35.5. The van der Waals surface area contributed by atoms with Crippen molar-refractivity contribution in [3.63, 3.8) is 0 Å². The average molecular weight is 291 g/mol. The molecule has 0 fully saturated rings. The van der Waals surface area contributed by atoms with E-state index >= 15 is 0 Å². The van der Waals surface area contributed by atoms with Gasteiger partial charge in [-0.3, -0.25) is 4.79 Å². The van der Waals surface area contributed by atoms with Crippen molar-refractivity contribution in [1.29, 1.82) is 0 Å². The van der Waals surface area contributed by atoms with Crippen LogP contribution in [-0.2, 0) is 6.42 Å². The van der Waals surface area contributed by atoms with Crippen LogP contribution in [0.5, 0.6) is 0 Å². The van der Waals surface area contributed by atoms with E-state index in [2.05, 4.69) is 31.4 Å². The molecule has 0 aliphatic rings. The molecular formula is C13H23ClN2OS. The fourth-order valence-corrected chi connectivity index (χ4v) is 2.67. The summed E-state index contributed by atoms with van der Waals surface area (Å²) in [5.74, 6) is 0.0519. The van der Waals surface area contributed by atoms with Crippen molar-refractivity contribution in [2.75, 3.05) is 19.6 Å². The second-order valence-corrected chi connectivity index (χ2v) is 5.21. The van der Waals surface area contributed by atoms with Gasteiger partial charge in [-0.2, -0.15) is 0 Å². The SMILES string of the molecule is CCCNCCNC(=O)c1cc(C)c(CC)s1.Cl. The average Bonchev–Trinajstić information content (AvgIpc) is 2.70. The normalized spacial score (nSPS) is 9.94. The van der Waals surface area contributed by atoms with Gasteiger partial charge in [0.25, 0.3) is 5.91 Å². The van der Waals surface area contributed by atoms with Gasteiger partial charge in [-0.15, -0.1) is 23.7 Å². The summed E-state index contributed by atoms with van der Waals surface area (Å²) in [6.45, 7) is 8.85. The summed E-state index contributed by atoms with van der Waals surface area (Å²) in [6.07, 6.45) is 2.12. The zero-order valence-corrected chi connectivity index (χ0v) is 13.0. The number of nitrogens with one attached hydrogen (secondary N) is 2. The standard InChI is InChI=1S/C13H22N2OS.ClH/c1-4-6-14-7-8-15-13(16)12-9-10(3)11(5-2)17-12;/h9,14H,4-8H2,1-3H3,(H,15,16);1H. The molecule has 2 N–H and O–H groups in total. The first-order chi connectivity index (χ1) is 8.19. The zero-order chi connectivity index (χ0) is 12.7. The molecule has 5 heteroatoms. The van der Waals surface area contributed by atoms with Crippen LogP contribution in [0.3, 0.4) is 0 Å². The third kappa shape index (κ3) is 5.38. The van der Waals surface area contributed by atoms with Gasteiger partial charge in [-0.05, 0) is 37.9 Å². The van der Waals surface area contributed by atoms with Gasteiger partial charge in [0.2, 0.25) is 0 Å². The Morgan fingerprint density at radius 3 is 2.56 bits per heavy atom. The van der Waals surface area contributed by atoms with Gasteiger partial charge in [0.05, 0.1) is 4.88 Å². The van der Waals surface area contributed by atoms with Crippen molar-refractivity contribution >= 4 is 29.7 Å². The van der Waals surface area contributed by atoms with E-state index in [1.807, 2.05) is 6.07 Å². The van der Waals surface area contributed by atoms with E-state index in [4.69, 9.17) is 0 Å². The Morgan fingerprint density at radius 2 is 2.00 bits per heavy atom. The maximum absolute atomic E-state index is 11.8. The highest BCUT2D eigenvalue weighted by Crippen LogP contribution is 2.21. The summed E-state index contributed by atoms with van der Waals surface area (Å²) in [5, 5.41) is 6.19. The van der Waals surface area contributed by atoms with Gasteiger partial charge in [0.15, 0.2) is 0 Å². The summed E-state index contributed by atoms with van der Waals surface area (Å²) in [4.78, 5) is 14.0. The Morgan fingerprint density at radius 1 is 1.28 bits per heavy atom. The molecule has 0 bridgehead atoms. The number of carbonyl (C=O) groups excluding carboxylic acids is 1. The molecule has 0 aliphatic heterocycles. The van der Waals surface area contributed by atoms with Crippen LogP contribution < -0.4 is 10.6 Å². The number of hydrogen-bond acceptors (Lipinski definition) is 3. The molecule has 1 aromatic heterocycles. The van der Waals surface area contributed by atoms with Gasteiger partial charge >= 0.3 is 0 Å². The minimum absolute atomic E-state index is 0. The largest absolute Gasteiger partial charge is 0.350 e. The highest BCUT2D eigenvalue weighted by molar-refractivity contribution is 7.14. The van der Waals surface area contributed by atoms with Gasteiger partial charge in [-0.25, -0.2) is 0 Å². The molecule has 0 atom stereocenters. The lowest BCUT2D eigenvalue weighted by molar-refractivity contribution is 0.0958. The topological polar surface area (TPSA) is 41.1 Å². The van der Waals surface area contributed by atoms with E-state index in [1.54, 1.807) is 11.3 Å². The minimum atomic E-state index is 0. The van der Waals surface area contributed by atoms with Crippen LogP contribution in [-0.4, -0.2) is 25.5 Å². The second-order valence-electron chi connectivity index (χ2n) is 4.08. The predicted octanol–water partition coefficient (Wildman–Crippen LogP) is 2.77. The van der Waals surface area contributed by atoms with Crippen LogP contribution in [0, 0.1) is 6.92 Å². The van der Waals surface area contributed by atoms with Crippen molar-refractivity contribution in [3.05, 3.63) is 21.4 Å². The molecule has 0 aromatic carbocycles. The molecule has 1 amide bonds. The molecule has 0 saturated carbocycles. The lowest BCUT2D eigenvalue weighted by Gasteiger charge is -2.04. The molecule has 1 aromatic rings. The molecule has 1 heterocycles. The summed E-state index contributed by atoms with van der Waals surface area (Å²) in [5.41, 5.74) is 1.23. The Balaban J connectivity index is 0.00000289. The van der Waals surface area contributed by atoms with Gasteiger partial charge in [0, 0.05) is 18.0 Å². The third-order valence-electron chi connectivity index (χ3n) is 2.58. The smallest absolute Gasteiger partial charge is 0.261 e. The molecular weight excluding hydrogens is 268 g/mol. The van der Waals surface area contributed by atoms with Crippen molar-refractivity contribution in [2.24, 2.45) is 0 Å². The predicted molar refractivity (Wildman–Crippen MR) is 81.2 cm³/mol. The number of rotatable bonds is 7. The molecule has 104 valence electrons.